The fraction of sp³-hybridized carbons (Fsp3) is 0.200. The Bertz CT molecular complexity index is 602. The topological polar surface area (TPSA) is 55.2 Å². The lowest BCUT2D eigenvalue weighted by Gasteiger charge is -2.14. The fourth-order valence-corrected chi connectivity index (χ4v) is 2.42. The molecule has 0 amide bonds. The van der Waals surface area contributed by atoms with Gasteiger partial charge in [0.05, 0.1) is 4.92 Å². The third-order valence-electron chi connectivity index (χ3n) is 3.15. The number of nitrogens with one attached hydrogen (secondary N) is 1. The second-order valence-corrected chi connectivity index (χ2v) is 5.40. The van der Waals surface area contributed by atoms with Gasteiger partial charge in [-0.1, -0.05) is 46.3 Å². The van der Waals surface area contributed by atoms with Gasteiger partial charge in [0.15, 0.2) is 0 Å². The molecule has 4 nitrogen and oxygen atoms in total. The molecule has 20 heavy (non-hydrogen) atoms. The first-order chi connectivity index (χ1) is 9.58. The summed E-state index contributed by atoms with van der Waals surface area (Å²) in [5, 5.41) is 14.1. The zero-order chi connectivity index (χ0) is 14.5. The van der Waals surface area contributed by atoms with Crippen LogP contribution < -0.4 is 5.32 Å². The lowest BCUT2D eigenvalue weighted by molar-refractivity contribution is -0.384. The highest BCUT2D eigenvalue weighted by Gasteiger charge is 2.10. The summed E-state index contributed by atoms with van der Waals surface area (Å²) in [4.78, 5) is 10.3. The molecule has 0 heterocycles. The summed E-state index contributed by atoms with van der Waals surface area (Å²) in [7, 11) is 0. The molecule has 0 aromatic heterocycles. The SMILES string of the molecule is C[C@@H](NCc1ccc([N+](=O)[O-])cc1Br)c1ccccc1. The maximum Gasteiger partial charge on any atom is 0.270 e. The van der Waals surface area contributed by atoms with E-state index in [0.717, 1.165) is 10.0 Å². The van der Waals surface area contributed by atoms with Crippen LogP contribution in [0, 0.1) is 10.1 Å². The van der Waals surface area contributed by atoms with E-state index < -0.39 is 4.92 Å². The summed E-state index contributed by atoms with van der Waals surface area (Å²) in [6.45, 7) is 2.74. The van der Waals surface area contributed by atoms with E-state index in [-0.39, 0.29) is 11.7 Å². The quantitative estimate of drug-likeness (QED) is 0.658. The molecule has 0 fully saturated rings. The standard InChI is InChI=1S/C15H15BrN2O2/c1-11(12-5-3-2-4-6-12)17-10-13-7-8-14(18(19)20)9-15(13)16/h2-9,11,17H,10H2,1H3/t11-/m1/s1. The average molecular weight is 335 g/mol. The Morgan fingerprint density at radius 2 is 1.95 bits per heavy atom. The van der Waals surface area contributed by atoms with E-state index in [2.05, 4.69) is 40.3 Å². The Balaban J connectivity index is 2.02. The molecular weight excluding hydrogens is 320 g/mol. The van der Waals surface area contributed by atoms with Crippen molar-refractivity contribution >= 4 is 21.6 Å². The molecule has 0 unspecified atom stereocenters. The van der Waals surface area contributed by atoms with Crippen molar-refractivity contribution in [2.24, 2.45) is 0 Å². The van der Waals surface area contributed by atoms with Gasteiger partial charge in [0.1, 0.15) is 0 Å². The second-order valence-electron chi connectivity index (χ2n) is 4.55. The molecule has 104 valence electrons. The second kappa shape index (κ2) is 6.63. The molecule has 0 bridgehead atoms. The molecule has 1 atom stereocenters. The minimum absolute atomic E-state index is 0.0942. The molecular formula is C15H15BrN2O2. The summed E-state index contributed by atoms with van der Waals surface area (Å²) in [5.74, 6) is 0. The predicted molar refractivity (Wildman–Crippen MR) is 82.5 cm³/mol. The molecule has 0 saturated carbocycles. The van der Waals surface area contributed by atoms with E-state index in [0.29, 0.717) is 6.54 Å². The van der Waals surface area contributed by atoms with Crippen LogP contribution in [0.15, 0.2) is 53.0 Å². The molecule has 0 radical (unpaired) electrons. The summed E-state index contributed by atoms with van der Waals surface area (Å²) in [5.41, 5.74) is 2.31. The fourth-order valence-electron chi connectivity index (χ4n) is 1.92. The van der Waals surface area contributed by atoms with E-state index in [1.165, 1.54) is 17.7 Å². The van der Waals surface area contributed by atoms with Crippen LogP contribution in [-0.2, 0) is 6.54 Å². The zero-order valence-corrected chi connectivity index (χ0v) is 12.6. The highest BCUT2D eigenvalue weighted by molar-refractivity contribution is 9.10. The van der Waals surface area contributed by atoms with Gasteiger partial charge in [-0.05, 0) is 24.1 Å². The van der Waals surface area contributed by atoms with Crippen LogP contribution in [0.5, 0.6) is 0 Å². The van der Waals surface area contributed by atoms with Crippen LogP contribution in [0.3, 0.4) is 0 Å². The van der Waals surface area contributed by atoms with Crippen molar-refractivity contribution in [1.29, 1.82) is 0 Å². The van der Waals surface area contributed by atoms with Crippen molar-refractivity contribution < 1.29 is 4.92 Å². The first kappa shape index (κ1) is 14.7. The van der Waals surface area contributed by atoms with Gasteiger partial charge in [0.25, 0.3) is 5.69 Å². The van der Waals surface area contributed by atoms with Crippen LogP contribution in [0.25, 0.3) is 0 Å². The number of hydrogen-bond donors (Lipinski definition) is 1. The highest BCUT2D eigenvalue weighted by Crippen LogP contribution is 2.23. The van der Waals surface area contributed by atoms with Gasteiger partial charge in [-0.15, -0.1) is 0 Å². The third kappa shape index (κ3) is 3.65. The first-order valence-electron chi connectivity index (χ1n) is 6.29. The van der Waals surface area contributed by atoms with Crippen molar-refractivity contribution in [2.75, 3.05) is 0 Å². The van der Waals surface area contributed by atoms with Gasteiger partial charge < -0.3 is 5.32 Å². The smallest absolute Gasteiger partial charge is 0.270 e. The van der Waals surface area contributed by atoms with Crippen molar-refractivity contribution in [3.63, 3.8) is 0 Å². The molecule has 1 N–H and O–H groups in total. The van der Waals surface area contributed by atoms with E-state index in [1.54, 1.807) is 6.07 Å². The molecule has 0 aliphatic heterocycles. The lowest BCUT2D eigenvalue weighted by Crippen LogP contribution is -2.18. The van der Waals surface area contributed by atoms with Gasteiger partial charge in [-0.25, -0.2) is 0 Å². The Labute approximate surface area is 126 Å². The van der Waals surface area contributed by atoms with Crippen LogP contribution in [0.4, 0.5) is 5.69 Å². The lowest BCUT2D eigenvalue weighted by atomic mass is 10.1. The van der Waals surface area contributed by atoms with Crippen molar-refractivity contribution in [2.45, 2.75) is 19.5 Å². The minimum atomic E-state index is -0.394. The summed E-state index contributed by atoms with van der Waals surface area (Å²) < 4.78 is 0.750. The number of halogens is 1. The maximum absolute atomic E-state index is 10.7. The van der Waals surface area contributed by atoms with Gasteiger partial charge in [0, 0.05) is 29.2 Å². The van der Waals surface area contributed by atoms with Gasteiger partial charge in [0.2, 0.25) is 0 Å². The van der Waals surface area contributed by atoms with Crippen LogP contribution in [-0.4, -0.2) is 4.92 Å². The maximum atomic E-state index is 10.7. The first-order valence-corrected chi connectivity index (χ1v) is 7.08. The minimum Gasteiger partial charge on any atom is -0.306 e. The number of hydrogen-bond acceptors (Lipinski definition) is 3. The zero-order valence-electron chi connectivity index (χ0n) is 11.0. The number of rotatable bonds is 5. The van der Waals surface area contributed by atoms with Crippen LogP contribution in [0.2, 0.25) is 0 Å². The molecule has 5 heteroatoms. The molecule has 2 aromatic rings. The molecule has 2 rings (SSSR count). The average Bonchev–Trinajstić information content (AvgIpc) is 2.46. The summed E-state index contributed by atoms with van der Waals surface area (Å²) in [6.07, 6.45) is 0. The Hall–Kier alpha value is -1.72. The Kier molecular flexibility index (Phi) is 4.87. The molecule has 0 aliphatic rings. The number of non-ortho nitro benzene ring substituents is 1. The van der Waals surface area contributed by atoms with E-state index >= 15 is 0 Å². The van der Waals surface area contributed by atoms with Crippen LogP contribution >= 0.6 is 15.9 Å². The van der Waals surface area contributed by atoms with Crippen molar-refractivity contribution in [1.82, 2.24) is 5.32 Å². The molecule has 2 aromatic carbocycles. The molecule has 0 spiro atoms. The monoisotopic (exact) mass is 334 g/mol. The predicted octanol–water partition coefficient (Wildman–Crippen LogP) is 4.21. The number of nitrogens with zero attached hydrogens (tertiary/aromatic N) is 1. The van der Waals surface area contributed by atoms with Gasteiger partial charge in [-0.3, -0.25) is 10.1 Å². The number of benzene rings is 2. The Morgan fingerprint density at radius 3 is 2.55 bits per heavy atom. The van der Waals surface area contributed by atoms with E-state index in [1.807, 2.05) is 18.2 Å². The van der Waals surface area contributed by atoms with Gasteiger partial charge >= 0.3 is 0 Å². The molecule has 0 aliphatic carbocycles. The van der Waals surface area contributed by atoms with Gasteiger partial charge in [-0.2, -0.15) is 0 Å². The largest absolute Gasteiger partial charge is 0.306 e. The number of nitro groups is 1. The summed E-state index contributed by atoms with van der Waals surface area (Å²) in [6, 6.07) is 15.2. The van der Waals surface area contributed by atoms with E-state index in [4.69, 9.17) is 0 Å². The number of nitro benzene ring substituents is 1. The van der Waals surface area contributed by atoms with E-state index in [9.17, 15) is 10.1 Å². The Morgan fingerprint density at radius 1 is 1.25 bits per heavy atom. The summed E-state index contributed by atoms with van der Waals surface area (Å²) >= 11 is 3.38. The third-order valence-corrected chi connectivity index (χ3v) is 3.88. The van der Waals surface area contributed by atoms with Crippen LogP contribution in [0.1, 0.15) is 24.1 Å². The van der Waals surface area contributed by atoms with Crippen molar-refractivity contribution in [3.8, 4) is 0 Å². The molecule has 0 saturated heterocycles. The highest BCUT2D eigenvalue weighted by atomic mass is 79.9. The normalized spacial score (nSPS) is 12.1. The van der Waals surface area contributed by atoms with Crippen molar-refractivity contribution in [3.05, 3.63) is 74.2 Å².